The molecule has 2 rings (SSSR count). The van der Waals surface area contributed by atoms with E-state index in [0.29, 0.717) is 19.2 Å². The zero-order chi connectivity index (χ0) is 15.0. The van der Waals surface area contributed by atoms with Crippen LogP contribution in [0.25, 0.3) is 0 Å². The first-order chi connectivity index (χ1) is 9.23. The number of alkyl halides is 3. The van der Waals surface area contributed by atoms with Gasteiger partial charge in [-0.2, -0.15) is 17.5 Å². The van der Waals surface area contributed by atoms with Crippen LogP contribution in [0.3, 0.4) is 0 Å². The Balaban J connectivity index is 2.51. The van der Waals surface area contributed by atoms with Crippen LogP contribution < -0.4 is 5.32 Å². The first-order valence-corrected chi connectivity index (χ1v) is 7.62. The fraction of sp³-hybridized carbons (Fsp3) is 0.455. The Morgan fingerprint density at radius 3 is 2.35 bits per heavy atom. The molecule has 9 heteroatoms. The van der Waals surface area contributed by atoms with Crippen molar-refractivity contribution in [2.24, 2.45) is 0 Å². The first kappa shape index (κ1) is 15.6. The summed E-state index contributed by atoms with van der Waals surface area (Å²) >= 11 is 5.54. The maximum absolute atomic E-state index is 13.0. The van der Waals surface area contributed by atoms with Gasteiger partial charge < -0.3 is 5.32 Å². The third-order valence-corrected chi connectivity index (χ3v) is 5.13. The highest BCUT2D eigenvalue weighted by Gasteiger charge is 2.39. The van der Waals surface area contributed by atoms with Crippen molar-refractivity contribution in [1.82, 2.24) is 9.62 Å². The first-order valence-electron chi connectivity index (χ1n) is 5.80. The summed E-state index contributed by atoms with van der Waals surface area (Å²) in [7, 11) is -4.18. The van der Waals surface area contributed by atoms with E-state index in [2.05, 4.69) is 5.32 Å². The molecule has 0 atom stereocenters. The van der Waals surface area contributed by atoms with Crippen molar-refractivity contribution in [2.45, 2.75) is 11.1 Å². The Bertz CT molecular complexity index is 598. The van der Waals surface area contributed by atoms with E-state index in [1.54, 1.807) is 0 Å². The van der Waals surface area contributed by atoms with Crippen LogP contribution in [-0.4, -0.2) is 38.9 Å². The van der Waals surface area contributed by atoms with E-state index in [-0.39, 0.29) is 18.1 Å². The van der Waals surface area contributed by atoms with Gasteiger partial charge in [0.25, 0.3) is 0 Å². The number of halogens is 4. The van der Waals surface area contributed by atoms with Gasteiger partial charge in [-0.25, -0.2) is 8.42 Å². The molecule has 20 heavy (non-hydrogen) atoms. The summed E-state index contributed by atoms with van der Waals surface area (Å²) in [6.45, 7) is 1.10. The molecular formula is C11H12ClF3N2O2S. The fourth-order valence-electron chi connectivity index (χ4n) is 1.97. The molecular weight excluding hydrogens is 317 g/mol. The van der Waals surface area contributed by atoms with Gasteiger partial charge in [-0.05, 0) is 18.2 Å². The lowest BCUT2D eigenvalue weighted by Gasteiger charge is -2.27. The van der Waals surface area contributed by atoms with Crippen LogP contribution in [0.1, 0.15) is 5.56 Å². The lowest BCUT2D eigenvalue weighted by Crippen LogP contribution is -2.46. The number of hydrogen-bond acceptors (Lipinski definition) is 3. The molecule has 0 amide bonds. The van der Waals surface area contributed by atoms with Crippen LogP contribution in [-0.2, 0) is 16.2 Å². The van der Waals surface area contributed by atoms with Crippen molar-refractivity contribution in [2.75, 3.05) is 26.2 Å². The van der Waals surface area contributed by atoms with Crippen molar-refractivity contribution in [3.63, 3.8) is 0 Å². The highest BCUT2D eigenvalue weighted by atomic mass is 35.5. The number of benzene rings is 1. The Hall–Kier alpha value is -0.830. The van der Waals surface area contributed by atoms with Gasteiger partial charge in [0.05, 0.1) is 10.5 Å². The summed E-state index contributed by atoms with van der Waals surface area (Å²) in [6.07, 6.45) is -4.78. The quantitative estimate of drug-likeness (QED) is 0.903. The van der Waals surface area contributed by atoms with E-state index in [1.165, 1.54) is 0 Å². The molecule has 1 aliphatic heterocycles. The van der Waals surface area contributed by atoms with E-state index in [0.717, 1.165) is 16.4 Å². The van der Waals surface area contributed by atoms with Crippen molar-refractivity contribution in [1.29, 1.82) is 0 Å². The molecule has 0 unspecified atom stereocenters. The molecule has 0 radical (unpaired) electrons. The third-order valence-electron chi connectivity index (χ3n) is 2.94. The standard InChI is InChI=1S/C11H12ClF3N2O2S/c12-8-1-2-10(9(7-8)11(13,14)15)20(18,19)17-5-3-16-4-6-17/h1-2,7,16H,3-6H2. The average Bonchev–Trinajstić information content (AvgIpc) is 2.38. The zero-order valence-corrected chi connectivity index (χ0v) is 11.8. The lowest BCUT2D eigenvalue weighted by molar-refractivity contribution is -0.139. The summed E-state index contributed by atoms with van der Waals surface area (Å²) < 4.78 is 64.6. The van der Waals surface area contributed by atoms with Gasteiger partial charge >= 0.3 is 6.18 Å². The van der Waals surface area contributed by atoms with E-state index < -0.39 is 26.7 Å². The molecule has 0 saturated carbocycles. The minimum absolute atomic E-state index is 0.141. The molecule has 1 heterocycles. The predicted octanol–water partition coefficient (Wildman–Crippen LogP) is 1.95. The Morgan fingerprint density at radius 1 is 1.20 bits per heavy atom. The second kappa shape index (κ2) is 5.51. The van der Waals surface area contributed by atoms with Gasteiger partial charge in [-0.3, -0.25) is 0 Å². The monoisotopic (exact) mass is 328 g/mol. The van der Waals surface area contributed by atoms with Gasteiger partial charge in [0.2, 0.25) is 10.0 Å². The summed E-state index contributed by atoms with van der Waals surface area (Å²) in [4.78, 5) is -0.753. The van der Waals surface area contributed by atoms with Gasteiger partial charge in [-0.1, -0.05) is 11.6 Å². The van der Waals surface area contributed by atoms with Crippen LogP contribution >= 0.6 is 11.6 Å². The maximum Gasteiger partial charge on any atom is 0.417 e. The predicted molar refractivity (Wildman–Crippen MR) is 68.1 cm³/mol. The normalized spacial score (nSPS) is 18.2. The molecule has 1 saturated heterocycles. The summed E-state index contributed by atoms with van der Waals surface area (Å²) in [5.74, 6) is 0. The van der Waals surface area contributed by atoms with Gasteiger partial charge in [-0.15, -0.1) is 0 Å². The number of sulfonamides is 1. The van der Waals surface area contributed by atoms with Crippen LogP contribution in [0.2, 0.25) is 5.02 Å². The molecule has 0 aromatic heterocycles. The topological polar surface area (TPSA) is 49.4 Å². The van der Waals surface area contributed by atoms with E-state index in [9.17, 15) is 21.6 Å². The van der Waals surface area contributed by atoms with Gasteiger partial charge in [0.15, 0.2) is 0 Å². The zero-order valence-electron chi connectivity index (χ0n) is 10.2. The molecule has 1 N–H and O–H groups in total. The molecule has 1 aliphatic rings. The SMILES string of the molecule is O=S(=O)(c1ccc(Cl)cc1C(F)(F)F)N1CCNCC1. The Labute approximate surface area is 119 Å². The average molecular weight is 329 g/mol. The number of nitrogens with one attached hydrogen (secondary N) is 1. The third kappa shape index (κ3) is 3.08. The largest absolute Gasteiger partial charge is 0.417 e. The van der Waals surface area contributed by atoms with E-state index >= 15 is 0 Å². The molecule has 112 valence electrons. The fourth-order valence-corrected chi connectivity index (χ4v) is 3.78. The molecule has 1 aromatic rings. The lowest BCUT2D eigenvalue weighted by atomic mass is 10.2. The maximum atomic E-state index is 13.0. The van der Waals surface area contributed by atoms with Crippen molar-refractivity contribution in [3.8, 4) is 0 Å². The molecule has 0 aliphatic carbocycles. The number of piperazine rings is 1. The number of nitrogens with zero attached hydrogens (tertiary/aromatic N) is 1. The molecule has 0 spiro atoms. The van der Waals surface area contributed by atoms with Crippen molar-refractivity contribution >= 4 is 21.6 Å². The van der Waals surface area contributed by atoms with Gasteiger partial charge in [0.1, 0.15) is 0 Å². The van der Waals surface area contributed by atoms with Gasteiger partial charge in [0, 0.05) is 31.2 Å². The highest BCUT2D eigenvalue weighted by molar-refractivity contribution is 7.89. The van der Waals surface area contributed by atoms with Crippen molar-refractivity contribution in [3.05, 3.63) is 28.8 Å². The van der Waals surface area contributed by atoms with Crippen LogP contribution in [0.4, 0.5) is 13.2 Å². The summed E-state index contributed by atoms with van der Waals surface area (Å²) in [5, 5.41) is 2.79. The second-order valence-electron chi connectivity index (χ2n) is 4.29. The Kier molecular flexibility index (Phi) is 4.29. The van der Waals surface area contributed by atoms with E-state index in [1.807, 2.05) is 0 Å². The molecule has 0 bridgehead atoms. The summed E-state index contributed by atoms with van der Waals surface area (Å²) in [6, 6.07) is 2.69. The second-order valence-corrected chi connectivity index (χ2v) is 6.64. The minimum Gasteiger partial charge on any atom is -0.314 e. The van der Waals surface area contributed by atoms with Crippen LogP contribution in [0.5, 0.6) is 0 Å². The Morgan fingerprint density at radius 2 is 1.80 bits per heavy atom. The van der Waals surface area contributed by atoms with Crippen molar-refractivity contribution < 1.29 is 21.6 Å². The van der Waals surface area contributed by atoms with E-state index in [4.69, 9.17) is 11.6 Å². The van der Waals surface area contributed by atoms with Crippen LogP contribution in [0.15, 0.2) is 23.1 Å². The van der Waals surface area contributed by atoms with Crippen LogP contribution in [0, 0.1) is 0 Å². The molecule has 1 aromatic carbocycles. The molecule has 1 fully saturated rings. The highest BCUT2D eigenvalue weighted by Crippen LogP contribution is 2.36. The number of hydrogen-bond donors (Lipinski definition) is 1. The number of rotatable bonds is 2. The summed E-state index contributed by atoms with van der Waals surface area (Å²) in [5.41, 5.74) is -1.23. The smallest absolute Gasteiger partial charge is 0.314 e. The molecule has 4 nitrogen and oxygen atoms in total. The minimum atomic E-state index is -4.78.